The molecule has 1 aromatic heterocycles. The first-order valence-electron chi connectivity index (χ1n) is 10.0. The molecule has 0 radical (unpaired) electrons. The molecule has 3 aromatic rings. The van der Waals surface area contributed by atoms with Gasteiger partial charge in [0.05, 0.1) is 23.9 Å². The molecule has 1 aliphatic carbocycles. The maximum Gasteiger partial charge on any atom is 0.186 e. The molecule has 29 heavy (non-hydrogen) atoms. The molecule has 0 spiro atoms. The minimum Gasteiger partial charge on any atom is -0.491 e. The number of hydrogen-bond donors (Lipinski definition) is 0. The Kier molecular flexibility index (Phi) is 6.20. The number of rotatable bonds is 7. The summed E-state index contributed by atoms with van der Waals surface area (Å²) >= 11 is 6.46. The van der Waals surface area contributed by atoms with E-state index < -0.39 is 0 Å². The molecule has 1 saturated carbocycles. The number of anilines is 2. The highest BCUT2D eigenvalue weighted by molar-refractivity contribution is 6.32. The van der Waals surface area contributed by atoms with Gasteiger partial charge in [-0.3, -0.25) is 4.98 Å². The third kappa shape index (κ3) is 4.48. The predicted molar refractivity (Wildman–Crippen MR) is 117 cm³/mol. The van der Waals surface area contributed by atoms with Crippen molar-refractivity contribution < 1.29 is 9.47 Å². The number of nitrogens with zero attached hydrogens (tertiary/aromatic N) is 2. The van der Waals surface area contributed by atoms with Crippen LogP contribution in [0.2, 0.25) is 5.02 Å². The van der Waals surface area contributed by atoms with Gasteiger partial charge in [-0.1, -0.05) is 35.9 Å². The Balaban J connectivity index is 1.80. The van der Waals surface area contributed by atoms with Crippen molar-refractivity contribution in [3.63, 3.8) is 0 Å². The molecule has 0 aliphatic heterocycles. The van der Waals surface area contributed by atoms with Gasteiger partial charge in [0.25, 0.3) is 0 Å². The van der Waals surface area contributed by atoms with Gasteiger partial charge in [-0.15, -0.1) is 0 Å². The summed E-state index contributed by atoms with van der Waals surface area (Å²) in [5.74, 6) is 1.29. The van der Waals surface area contributed by atoms with Crippen molar-refractivity contribution in [1.82, 2.24) is 4.98 Å². The van der Waals surface area contributed by atoms with Gasteiger partial charge in [0.15, 0.2) is 11.5 Å². The second kappa shape index (κ2) is 9.19. The number of halogens is 1. The Labute approximate surface area is 177 Å². The number of ether oxygens (including phenoxy) is 2. The van der Waals surface area contributed by atoms with E-state index in [-0.39, 0.29) is 6.10 Å². The van der Waals surface area contributed by atoms with Gasteiger partial charge in [-0.05, 0) is 61.6 Å². The molecule has 1 fully saturated rings. The SMILES string of the molecule is COc1c(Cl)ccc(N(Cc2cccnc2)c2ccccc2)c1OC1CCCC1. The van der Waals surface area contributed by atoms with Crippen molar-refractivity contribution >= 4 is 23.0 Å². The number of benzene rings is 2. The van der Waals surface area contributed by atoms with Gasteiger partial charge >= 0.3 is 0 Å². The van der Waals surface area contributed by atoms with E-state index in [1.165, 1.54) is 12.8 Å². The maximum absolute atomic E-state index is 6.48. The topological polar surface area (TPSA) is 34.6 Å². The molecule has 5 heteroatoms. The second-order valence-corrected chi connectivity index (χ2v) is 7.64. The fourth-order valence-electron chi connectivity index (χ4n) is 3.82. The fraction of sp³-hybridized carbons (Fsp3) is 0.292. The molecule has 0 unspecified atom stereocenters. The molecule has 0 saturated heterocycles. The predicted octanol–water partition coefficient (Wildman–Crippen LogP) is 6.40. The molecule has 2 aromatic carbocycles. The first-order valence-corrected chi connectivity index (χ1v) is 10.4. The highest BCUT2D eigenvalue weighted by atomic mass is 35.5. The summed E-state index contributed by atoms with van der Waals surface area (Å²) in [7, 11) is 1.64. The van der Waals surface area contributed by atoms with Crippen LogP contribution in [0.1, 0.15) is 31.2 Å². The monoisotopic (exact) mass is 408 g/mol. The minimum absolute atomic E-state index is 0.192. The minimum atomic E-state index is 0.192. The second-order valence-electron chi connectivity index (χ2n) is 7.24. The van der Waals surface area contributed by atoms with Crippen molar-refractivity contribution in [2.24, 2.45) is 0 Å². The van der Waals surface area contributed by atoms with Crippen LogP contribution in [0.4, 0.5) is 11.4 Å². The highest BCUT2D eigenvalue weighted by Gasteiger charge is 2.25. The molecule has 4 rings (SSSR count). The zero-order valence-electron chi connectivity index (χ0n) is 16.6. The Hall–Kier alpha value is -2.72. The standard InChI is InChI=1S/C24H25ClN2O2/c1-28-23-21(25)13-14-22(24(23)29-20-11-5-6-12-20)27(19-9-3-2-4-10-19)17-18-8-7-15-26-16-18/h2-4,7-10,13-16,20H,5-6,11-12,17H2,1H3. The molecular formula is C24H25ClN2O2. The molecule has 150 valence electrons. The van der Waals surface area contributed by atoms with Crippen LogP contribution >= 0.6 is 11.6 Å². The van der Waals surface area contributed by atoms with Crippen LogP contribution in [-0.4, -0.2) is 18.2 Å². The summed E-state index contributed by atoms with van der Waals surface area (Å²) in [6.07, 6.45) is 8.38. The number of hydrogen-bond acceptors (Lipinski definition) is 4. The molecule has 0 bridgehead atoms. The summed E-state index contributed by atoms with van der Waals surface area (Å²) in [6, 6.07) is 18.2. The maximum atomic E-state index is 6.48. The van der Waals surface area contributed by atoms with E-state index in [1.807, 2.05) is 42.6 Å². The van der Waals surface area contributed by atoms with Crippen molar-refractivity contribution in [1.29, 1.82) is 0 Å². The van der Waals surface area contributed by atoms with E-state index in [9.17, 15) is 0 Å². The molecule has 1 heterocycles. The first kappa shape index (κ1) is 19.6. The molecule has 0 atom stereocenters. The normalized spacial score (nSPS) is 14.0. The zero-order chi connectivity index (χ0) is 20.1. The van der Waals surface area contributed by atoms with Crippen molar-refractivity contribution in [3.8, 4) is 11.5 Å². The Morgan fingerprint density at radius 2 is 1.79 bits per heavy atom. The summed E-state index contributed by atoms with van der Waals surface area (Å²) in [4.78, 5) is 6.50. The van der Waals surface area contributed by atoms with Crippen LogP contribution in [0.15, 0.2) is 67.0 Å². The highest BCUT2D eigenvalue weighted by Crippen LogP contribution is 2.46. The van der Waals surface area contributed by atoms with Gasteiger partial charge < -0.3 is 14.4 Å². The van der Waals surface area contributed by atoms with E-state index in [0.29, 0.717) is 23.1 Å². The lowest BCUT2D eigenvalue weighted by atomic mass is 10.1. The Morgan fingerprint density at radius 1 is 1.00 bits per heavy atom. The van der Waals surface area contributed by atoms with E-state index >= 15 is 0 Å². The van der Waals surface area contributed by atoms with Crippen LogP contribution in [0, 0.1) is 0 Å². The lowest BCUT2D eigenvalue weighted by molar-refractivity contribution is 0.201. The first-order chi connectivity index (χ1) is 14.3. The number of para-hydroxylation sites is 1. The quantitative estimate of drug-likeness (QED) is 0.452. The third-order valence-electron chi connectivity index (χ3n) is 5.26. The molecular weight excluding hydrogens is 384 g/mol. The number of aromatic nitrogens is 1. The van der Waals surface area contributed by atoms with E-state index in [2.05, 4.69) is 28.1 Å². The fourth-order valence-corrected chi connectivity index (χ4v) is 4.04. The van der Waals surface area contributed by atoms with Crippen molar-refractivity contribution in [3.05, 3.63) is 77.6 Å². The summed E-state index contributed by atoms with van der Waals surface area (Å²) in [6.45, 7) is 0.656. The van der Waals surface area contributed by atoms with Gasteiger partial charge in [0, 0.05) is 24.6 Å². The number of pyridine rings is 1. The van der Waals surface area contributed by atoms with Crippen LogP contribution in [0.5, 0.6) is 11.5 Å². The molecule has 0 N–H and O–H groups in total. The van der Waals surface area contributed by atoms with Crippen LogP contribution in [-0.2, 0) is 6.54 Å². The van der Waals surface area contributed by atoms with Crippen LogP contribution in [0.25, 0.3) is 0 Å². The Morgan fingerprint density at radius 3 is 2.48 bits per heavy atom. The largest absolute Gasteiger partial charge is 0.491 e. The lowest BCUT2D eigenvalue weighted by Gasteiger charge is -2.29. The third-order valence-corrected chi connectivity index (χ3v) is 5.55. The zero-order valence-corrected chi connectivity index (χ0v) is 17.3. The van der Waals surface area contributed by atoms with Crippen molar-refractivity contribution in [2.45, 2.75) is 38.3 Å². The average Bonchev–Trinajstić information content (AvgIpc) is 3.27. The Bertz CT molecular complexity index is 928. The van der Waals surface area contributed by atoms with Crippen LogP contribution < -0.4 is 14.4 Å². The van der Waals surface area contributed by atoms with Gasteiger partial charge in [0.2, 0.25) is 0 Å². The molecule has 4 nitrogen and oxygen atoms in total. The van der Waals surface area contributed by atoms with Gasteiger partial charge in [0.1, 0.15) is 0 Å². The van der Waals surface area contributed by atoms with Gasteiger partial charge in [-0.2, -0.15) is 0 Å². The lowest BCUT2D eigenvalue weighted by Crippen LogP contribution is -2.20. The summed E-state index contributed by atoms with van der Waals surface area (Å²) < 4.78 is 12.2. The average molecular weight is 409 g/mol. The smallest absolute Gasteiger partial charge is 0.186 e. The summed E-state index contributed by atoms with van der Waals surface area (Å²) in [5, 5.41) is 0.554. The van der Waals surface area contributed by atoms with Crippen molar-refractivity contribution in [2.75, 3.05) is 12.0 Å². The van der Waals surface area contributed by atoms with E-state index in [0.717, 1.165) is 29.8 Å². The molecule has 1 aliphatic rings. The molecule has 0 amide bonds. The summed E-state index contributed by atoms with van der Waals surface area (Å²) in [5.41, 5.74) is 3.11. The van der Waals surface area contributed by atoms with Gasteiger partial charge in [-0.25, -0.2) is 0 Å². The number of methoxy groups -OCH3 is 1. The van der Waals surface area contributed by atoms with E-state index in [4.69, 9.17) is 21.1 Å². The van der Waals surface area contributed by atoms with Crippen LogP contribution in [0.3, 0.4) is 0 Å². The van der Waals surface area contributed by atoms with E-state index in [1.54, 1.807) is 13.3 Å².